The first-order chi connectivity index (χ1) is 8.37. The first-order valence-corrected chi connectivity index (χ1v) is 5.73. The molecule has 1 atom stereocenters. The summed E-state index contributed by atoms with van der Waals surface area (Å²) in [5.74, 6) is -0.821. The van der Waals surface area contributed by atoms with Crippen LogP contribution in [0.2, 0.25) is 0 Å². The third-order valence-electron chi connectivity index (χ3n) is 3.52. The number of hydrogen-bond donors (Lipinski definition) is 0. The summed E-state index contributed by atoms with van der Waals surface area (Å²) in [6, 6.07) is 8.36. The predicted octanol–water partition coefficient (Wildman–Crippen LogP) is 2.64. The molecule has 2 rings (SSSR count). The molecule has 0 saturated carbocycles. The van der Waals surface area contributed by atoms with Gasteiger partial charge >= 0.3 is 6.18 Å². The third kappa shape index (κ3) is 1.98. The van der Waals surface area contributed by atoms with Crippen molar-refractivity contribution in [3.63, 3.8) is 0 Å². The van der Waals surface area contributed by atoms with Gasteiger partial charge in [-0.05, 0) is 18.4 Å². The largest absolute Gasteiger partial charge is 0.403 e. The molecule has 0 spiro atoms. The fourth-order valence-electron chi connectivity index (χ4n) is 2.40. The number of rotatable bonds is 2. The molecule has 1 aliphatic rings. The van der Waals surface area contributed by atoms with E-state index in [1.807, 2.05) is 0 Å². The second kappa shape index (κ2) is 4.30. The van der Waals surface area contributed by atoms with Gasteiger partial charge in [-0.15, -0.1) is 0 Å². The van der Waals surface area contributed by atoms with Gasteiger partial charge in [0.15, 0.2) is 5.41 Å². The smallest absolute Gasteiger partial charge is 0.345 e. The Bertz CT molecular complexity index is 443. The summed E-state index contributed by atoms with van der Waals surface area (Å²) >= 11 is 0. The highest BCUT2D eigenvalue weighted by atomic mass is 19.4. The maximum atomic E-state index is 13.3. The lowest BCUT2D eigenvalue weighted by molar-refractivity contribution is -0.218. The Morgan fingerprint density at radius 2 is 1.89 bits per heavy atom. The van der Waals surface area contributed by atoms with Crippen molar-refractivity contribution < 1.29 is 18.0 Å². The number of hydrogen-bond acceptors (Lipinski definition) is 1. The van der Waals surface area contributed by atoms with Crippen LogP contribution in [0.15, 0.2) is 30.3 Å². The second-order valence-electron chi connectivity index (χ2n) is 4.72. The van der Waals surface area contributed by atoms with Gasteiger partial charge in [-0.2, -0.15) is 13.2 Å². The van der Waals surface area contributed by atoms with Crippen molar-refractivity contribution in [1.29, 1.82) is 0 Å². The van der Waals surface area contributed by atoms with Crippen molar-refractivity contribution in [1.82, 2.24) is 4.90 Å². The number of carbonyl (C=O) groups is 1. The number of halogens is 3. The fraction of sp³-hybridized carbons (Fsp3) is 0.462. The quantitative estimate of drug-likeness (QED) is 0.797. The molecule has 0 radical (unpaired) electrons. The summed E-state index contributed by atoms with van der Waals surface area (Å²) in [6.45, 7) is 0.158. The molecule has 1 amide bonds. The standard InChI is InChI=1S/C13H14F3NO/c1-17-8-7-12(11(17)18,13(14,15)16)9-10-5-3-2-4-6-10/h2-6H,7-9H2,1H3. The molecule has 0 aliphatic carbocycles. The van der Waals surface area contributed by atoms with Crippen molar-refractivity contribution in [2.24, 2.45) is 5.41 Å². The van der Waals surface area contributed by atoms with Gasteiger partial charge in [0, 0.05) is 13.6 Å². The van der Waals surface area contributed by atoms with Crippen LogP contribution in [0.1, 0.15) is 12.0 Å². The van der Waals surface area contributed by atoms with E-state index in [9.17, 15) is 18.0 Å². The Hall–Kier alpha value is -1.52. The van der Waals surface area contributed by atoms with Gasteiger partial charge in [0.1, 0.15) is 0 Å². The Labute approximate surface area is 103 Å². The van der Waals surface area contributed by atoms with Crippen LogP contribution in [0.5, 0.6) is 0 Å². The van der Waals surface area contributed by atoms with Crippen molar-refractivity contribution in [2.45, 2.75) is 19.0 Å². The molecule has 1 unspecified atom stereocenters. The number of alkyl halides is 3. The first kappa shape index (κ1) is 12.9. The van der Waals surface area contributed by atoms with Crippen LogP contribution < -0.4 is 0 Å². The second-order valence-corrected chi connectivity index (χ2v) is 4.72. The summed E-state index contributed by atoms with van der Waals surface area (Å²) in [4.78, 5) is 13.0. The molecule has 1 fully saturated rings. The highest BCUT2D eigenvalue weighted by Crippen LogP contribution is 2.48. The Morgan fingerprint density at radius 3 is 2.33 bits per heavy atom. The summed E-state index contributed by atoms with van der Waals surface area (Å²) in [5, 5.41) is 0. The average Bonchev–Trinajstić information content (AvgIpc) is 2.59. The lowest BCUT2D eigenvalue weighted by Gasteiger charge is -2.29. The number of amides is 1. The number of likely N-dealkylation sites (tertiary alicyclic amines) is 1. The molecule has 18 heavy (non-hydrogen) atoms. The van der Waals surface area contributed by atoms with E-state index in [2.05, 4.69) is 0 Å². The Morgan fingerprint density at radius 1 is 1.28 bits per heavy atom. The molecular formula is C13H14F3NO. The molecule has 0 N–H and O–H groups in total. The number of benzene rings is 1. The highest BCUT2D eigenvalue weighted by Gasteiger charge is 2.63. The van der Waals surface area contributed by atoms with Crippen molar-refractivity contribution >= 4 is 5.91 Å². The van der Waals surface area contributed by atoms with Gasteiger partial charge in [0.05, 0.1) is 0 Å². The van der Waals surface area contributed by atoms with E-state index in [0.717, 1.165) is 4.90 Å². The molecule has 1 heterocycles. The van der Waals surface area contributed by atoms with Crippen molar-refractivity contribution in [3.05, 3.63) is 35.9 Å². The van der Waals surface area contributed by atoms with Gasteiger partial charge in [-0.25, -0.2) is 0 Å². The van der Waals surface area contributed by atoms with Gasteiger partial charge in [0.2, 0.25) is 5.91 Å². The molecule has 1 aliphatic heterocycles. The molecular weight excluding hydrogens is 243 g/mol. The topological polar surface area (TPSA) is 20.3 Å². The van der Waals surface area contributed by atoms with Gasteiger partial charge in [-0.1, -0.05) is 30.3 Å². The van der Waals surface area contributed by atoms with Gasteiger partial charge < -0.3 is 4.90 Å². The molecule has 1 saturated heterocycles. The molecule has 0 aromatic heterocycles. The summed E-state index contributed by atoms with van der Waals surface area (Å²) in [7, 11) is 1.42. The molecule has 0 bridgehead atoms. The van der Waals surface area contributed by atoms with E-state index in [1.165, 1.54) is 7.05 Å². The molecule has 5 heteroatoms. The monoisotopic (exact) mass is 257 g/mol. The lowest BCUT2D eigenvalue weighted by Crippen LogP contribution is -2.46. The van der Waals surface area contributed by atoms with E-state index in [4.69, 9.17) is 0 Å². The Kier molecular flexibility index (Phi) is 3.09. The number of carbonyl (C=O) groups excluding carboxylic acids is 1. The fourth-order valence-corrected chi connectivity index (χ4v) is 2.40. The van der Waals surface area contributed by atoms with E-state index in [0.29, 0.717) is 5.56 Å². The van der Waals surface area contributed by atoms with Crippen LogP contribution >= 0.6 is 0 Å². The highest BCUT2D eigenvalue weighted by molar-refractivity contribution is 5.85. The summed E-state index contributed by atoms with van der Waals surface area (Å²) in [6.07, 6.45) is -4.95. The average molecular weight is 257 g/mol. The lowest BCUT2D eigenvalue weighted by atomic mass is 9.79. The molecule has 1 aromatic carbocycles. The summed E-state index contributed by atoms with van der Waals surface area (Å²) in [5.41, 5.74) is -1.71. The van der Waals surface area contributed by atoms with E-state index >= 15 is 0 Å². The molecule has 1 aromatic rings. The van der Waals surface area contributed by atoms with Crippen LogP contribution in [0.4, 0.5) is 13.2 Å². The van der Waals surface area contributed by atoms with Crippen molar-refractivity contribution in [2.75, 3.05) is 13.6 Å². The van der Waals surface area contributed by atoms with Crippen molar-refractivity contribution in [3.8, 4) is 0 Å². The predicted molar refractivity (Wildman–Crippen MR) is 60.9 cm³/mol. The normalized spacial score (nSPS) is 24.7. The zero-order valence-electron chi connectivity index (χ0n) is 10.00. The van der Waals surface area contributed by atoms with Crippen LogP contribution in [-0.2, 0) is 11.2 Å². The van der Waals surface area contributed by atoms with Crippen LogP contribution in [0.3, 0.4) is 0 Å². The minimum atomic E-state index is -4.51. The van der Waals surface area contributed by atoms with Gasteiger partial charge in [-0.3, -0.25) is 4.79 Å². The first-order valence-electron chi connectivity index (χ1n) is 5.73. The SMILES string of the molecule is CN1CCC(Cc2ccccc2)(C(F)(F)F)C1=O. The van der Waals surface area contributed by atoms with Crippen LogP contribution in [0.25, 0.3) is 0 Å². The molecule has 2 nitrogen and oxygen atoms in total. The minimum Gasteiger partial charge on any atom is -0.345 e. The van der Waals surface area contributed by atoms with E-state index < -0.39 is 17.5 Å². The third-order valence-corrected chi connectivity index (χ3v) is 3.52. The zero-order valence-corrected chi connectivity index (χ0v) is 10.00. The maximum Gasteiger partial charge on any atom is 0.403 e. The van der Waals surface area contributed by atoms with E-state index in [-0.39, 0.29) is 19.4 Å². The van der Waals surface area contributed by atoms with Gasteiger partial charge in [0.25, 0.3) is 0 Å². The molecule has 98 valence electrons. The Balaban J connectivity index is 2.36. The maximum absolute atomic E-state index is 13.3. The number of nitrogens with zero attached hydrogens (tertiary/aromatic N) is 1. The van der Waals surface area contributed by atoms with E-state index in [1.54, 1.807) is 30.3 Å². The van der Waals surface area contributed by atoms with Crippen LogP contribution in [-0.4, -0.2) is 30.6 Å². The minimum absolute atomic E-state index is 0.158. The van der Waals surface area contributed by atoms with Crippen LogP contribution in [0, 0.1) is 5.41 Å². The summed E-state index contributed by atoms with van der Waals surface area (Å²) < 4.78 is 39.8. The zero-order chi connectivity index (χ0) is 13.4.